The van der Waals surface area contributed by atoms with E-state index in [4.69, 9.17) is 23.2 Å². The SMILES string of the molecule is Cc1nc2c(C)cccn2c1C(=O)Nc1cc(Cl)cc(Cl)c1. The summed E-state index contributed by atoms with van der Waals surface area (Å²) in [5, 5.41) is 3.74. The zero-order valence-electron chi connectivity index (χ0n) is 12.0. The Morgan fingerprint density at radius 2 is 1.86 bits per heavy atom. The molecule has 2 aromatic heterocycles. The number of hydrogen-bond donors (Lipinski definition) is 1. The molecule has 112 valence electrons. The van der Waals surface area contributed by atoms with Gasteiger partial charge >= 0.3 is 0 Å². The van der Waals surface area contributed by atoms with Gasteiger partial charge in [0.15, 0.2) is 0 Å². The Balaban J connectivity index is 2.02. The lowest BCUT2D eigenvalue weighted by atomic mass is 10.2. The van der Waals surface area contributed by atoms with Crippen LogP contribution in [0.3, 0.4) is 0 Å². The lowest BCUT2D eigenvalue weighted by molar-refractivity contribution is 0.102. The molecule has 0 spiro atoms. The number of pyridine rings is 1. The quantitative estimate of drug-likeness (QED) is 0.749. The number of anilines is 1. The van der Waals surface area contributed by atoms with E-state index in [2.05, 4.69) is 10.3 Å². The zero-order chi connectivity index (χ0) is 15.9. The van der Waals surface area contributed by atoms with Gasteiger partial charge < -0.3 is 5.32 Å². The van der Waals surface area contributed by atoms with Crippen molar-refractivity contribution in [2.45, 2.75) is 13.8 Å². The third-order valence-electron chi connectivity index (χ3n) is 3.35. The molecule has 0 unspecified atom stereocenters. The number of amides is 1. The minimum atomic E-state index is -0.256. The molecular weight excluding hydrogens is 321 g/mol. The van der Waals surface area contributed by atoms with Gasteiger partial charge in [-0.3, -0.25) is 9.20 Å². The maximum Gasteiger partial charge on any atom is 0.274 e. The number of rotatable bonds is 2. The first-order valence-electron chi connectivity index (χ1n) is 6.67. The van der Waals surface area contributed by atoms with E-state index < -0.39 is 0 Å². The Hall–Kier alpha value is -2.04. The molecule has 0 aliphatic heterocycles. The van der Waals surface area contributed by atoms with E-state index in [-0.39, 0.29) is 5.91 Å². The summed E-state index contributed by atoms with van der Waals surface area (Å²) >= 11 is 11.9. The van der Waals surface area contributed by atoms with Crippen LogP contribution in [0.5, 0.6) is 0 Å². The topological polar surface area (TPSA) is 46.4 Å². The Morgan fingerprint density at radius 1 is 1.18 bits per heavy atom. The second kappa shape index (κ2) is 5.63. The number of nitrogens with zero attached hydrogens (tertiary/aromatic N) is 2. The van der Waals surface area contributed by atoms with Crippen LogP contribution in [-0.4, -0.2) is 15.3 Å². The molecule has 22 heavy (non-hydrogen) atoms. The summed E-state index contributed by atoms with van der Waals surface area (Å²) in [7, 11) is 0. The fourth-order valence-electron chi connectivity index (χ4n) is 2.41. The van der Waals surface area contributed by atoms with E-state index in [0.717, 1.165) is 11.2 Å². The third-order valence-corrected chi connectivity index (χ3v) is 3.79. The number of carbonyl (C=O) groups is 1. The van der Waals surface area contributed by atoms with Crippen LogP contribution in [-0.2, 0) is 0 Å². The molecule has 0 saturated carbocycles. The molecule has 1 aromatic carbocycles. The number of halogens is 2. The molecule has 0 atom stereocenters. The monoisotopic (exact) mass is 333 g/mol. The normalized spacial score (nSPS) is 10.9. The van der Waals surface area contributed by atoms with Crippen molar-refractivity contribution in [3.8, 4) is 0 Å². The van der Waals surface area contributed by atoms with Gasteiger partial charge in [-0.2, -0.15) is 0 Å². The van der Waals surface area contributed by atoms with Crippen molar-refractivity contribution >= 4 is 40.4 Å². The van der Waals surface area contributed by atoms with Crippen LogP contribution in [0.4, 0.5) is 5.69 Å². The second-order valence-electron chi connectivity index (χ2n) is 5.04. The average Bonchev–Trinajstić information content (AvgIpc) is 2.75. The molecular formula is C16H13Cl2N3O. The third kappa shape index (κ3) is 2.67. The molecule has 4 nitrogen and oxygen atoms in total. The first-order valence-corrected chi connectivity index (χ1v) is 7.43. The van der Waals surface area contributed by atoms with E-state index in [1.165, 1.54) is 0 Å². The van der Waals surface area contributed by atoms with Gasteiger partial charge in [0, 0.05) is 21.9 Å². The van der Waals surface area contributed by atoms with Gasteiger partial charge in [-0.1, -0.05) is 29.3 Å². The van der Waals surface area contributed by atoms with Gasteiger partial charge in [-0.25, -0.2) is 4.98 Å². The average molecular weight is 334 g/mol. The number of fused-ring (bicyclic) bond motifs is 1. The zero-order valence-corrected chi connectivity index (χ0v) is 13.5. The van der Waals surface area contributed by atoms with Crippen LogP contribution in [0.2, 0.25) is 10.0 Å². The predicted molar refractivity (Wildman–Crippen MR) is 89.1 cm³/mol. The number of hydrogen-bond acceptors (Lipinski definition) is 2. The minimum absolute atomic E-state index is 0.256. The van der Waals surface area contributed by atoms with Gasteiger partial charge in [-0.15, -0.1) is 0 Å². The highest BCUT2D eigenvalue weighted by molar-refractivity contribution is 6.35. The minimum Gasteiger partial charge on any atom is -0.321 e. The van der Waals surface area contributed by atoms with Crippen LogP contribution in [0, 0.1) is 13.8 Å². The summed E-state index contributed by atoms with van der Waals surface area (Å²) in [4.78, 5) is 17.0. The molecule has 0 aliphatic rings. The van der Waals surface area contributed by atoms with Crippen molar-refractivity contribution in [1.29, 1.82) is 0 Å². The van der Waals surface area contributed by atoms with Gasteiger partial charge in [0.05, 0.1) is 5.69 Å². The summed E-state index contributed by atoms with van der Waals surface area (Å²) in [6.45, 7) is 3.77. The maximum absolute atomic E-state index is 12.6. The molecule has 2 heterocycles. The summed E-state index contributed by atoms with van der Waals surface area (Å²) < 4.78 is 1.78. The van der Waals surface area contributed by atoms with E-state index in [0.29, 0.717) is 27.1 Å². The van der Waals surface area contributed by atoms with E-state index in [1.807, 2.05) is 32.2 Å². The maximum atomic E-state index is 12.6. The number of aryl methyl sites for hydroxylation is 2. The molecule has 0 bridgehead atoms. The highest BCUT2D eigenvalue weighted by atomic mass is 35.5. The molecule has 0 fully saturated rings. The second-order valence-corrected chi connectivity index (χ2v) is 5.92. The number of carbonyl (C=O) groups excluding carboxylic acids is 1. The van der Waals surface area contributed by atoms with Crippen molar-refractivity contribution < 1.29 is 4.79 Å². The molecule has 0 saturated heterocycles. The summed E-state index contributed by atoms with van der Waals surface area (Å²) in [5.41, 5.74) is 3.49. The van der Waals surface area contributed by atoms with E-state index >= 15 is 0 Å². The molecule has 1 N–H and O–H groups in total. The summed E-state index contributed by atoms with van der Waals surface area (Å²) in [6.07, 6.45) is 1.82. The van der Waals surface area contributed by atoms with Crippen molar-refractivity contribution in [1.82, 2.24) is 9.38 Å². The predicted octanol–water partition coefficient (Wildman–Crippen LogP) is 4.51. The summed E-state index contributed by atoms with van der Waals surface area (Å²) in [6, 6.07) is 8.75. The van der Waals surface area contributed by atoms with Gasteiger partial charge in [-0.05, 0) is 43.7 Å². The molecule has 1 amide bonds. The smallest absolute Gasteiger partial charge is 0.274 e. The number of imidazole rings is 1. The molecule has 3 aromatic rings. The van der Waals surface area contributed by atoms with E-state index in [9.17, 15) is 4.79 Å². The van der Waals surface area contributed by atoms with Crippen LogP contribution < -0.4 is 5.32 Å². The van der Waals surface area contributed by atoms with E-state index in [1.54, 1.807) is 22.6 Å². The van der Waals surface area contributed by atoms with Gasteiger partial charge in [0.2, 0.25) is 0 Å². The largest absolute Gasteiger partial charge is 0.321 e. The molecule has 0 radical (unpaired) electrons. The lowest BCUT2D eigenvalue weighted by Gasteiger charge is -2.07. The Bertz CT molecular complexity index is 866. The van der Waals surface area contributed by atoms with Crippen LogP contribution in [0.25, 0.3) is 5.65 Å². The molecule has 0 aliphatic carbocycles. The highest BCUT2D eigenvalue weighted by Crippen LogP contribution is 2.23. The number of benzene rings is 1. The van der Waals surface area contributed by atoms with Crippen LogP contribution >= 0.6 is 23.2 Å². The first kappa shape index (κ1) is 14.9. The van der Waals surface area contributed by atoms with Crippen molar-refractivity contribution in [3.05, 3.63) is 63.5 Å². The summed E-state index contributed by atoms with van der Waals surface area (Å²) in [5.74, 6) is -0.256. The highest BCUT2D eigenvalue weighted by Gasteiger charge is 2.17. The number of nitrogens with one attached hydrogen (secondary N) is 1. The van der Waals surface area contributed by atoms with Crippen molar-refractivity contribution in [3.63, 3.8) is 0 Å². The standard InChI is InChI=1S/C16H13Cl2N3O/c1-9-4-3-5-21-14(10(2)19-15(9)21)16(22)20-13-7-11(17)6-12(18)8-13/h3-8H,1-2H3,(H,20,22). The Labute approximate surface area is 137 Å². The van der Waals surface area contributed by atoms with Gasteiger partial charge in [0.25, 0.3) is 5.91 Å². The molecule has 3 rings (SSSR count). The van der Waals surface area contributed by atoms with Crippen molar-refractivity contribution in [2.24, 2.45) is 0 Å². The Kier molecular flexibility index (Phi) is 3.81. The van der Waals surface area contributed by atoms with Gasteiger partial charge in [0.1, 0.15) is 11.3 Å². The fraction of sp³-hybridized carbons (Fsp3) is 0.125. The first-order chi connectivity index (χ1) is 10.5. The number of aromatic nitrogens is 2. The van der Waals surface area contributed by atoms with Crippen LogP contribution in [0.1, 0.15) is 21.7 Å². The lowest BCUT2D eigenvalue weighted by Crippen LogP contribution is -2.15. The molecule has 6 heteroatoms. The van der Waals surface area contributed by atoms with Crippen LogP contribution in [0.15, 0.2) is 36.5 Å². The Morgan fingerprint density at radius 3 is 2.55 bits per heavy atom. The fourth-order valence-corrected chi connectivity index (χ4v) is 2.93. The van der Waals surface area contributed by atoms with Crippen molar-refractivity contribution in [2.75, 3.05) is 5.32 Å².